The second-order valence-corrected chi connectivity index (χ2v) is 5.28. The average Bonchev–Trinajstić information content (AvgIpc) is 2.62. The van der Waals surface area contributed by atoms with Crippen LogP contribution >= 0.6 is 0 Å². The van der Waals surface area contributed by atoms with Crippen LogP contribution < -0.4 is 25.3 Å². The molecule has 6 nitrogen and oxygen atoms in total. The van der Waals surface area contributed by atoms with Gasteiger partial charge in [-0.25, -0.2) is 9.38 Å². The van der Waals surface area contributed by atoms with Gasteiger partial charge in [-0.2, -0.15) is 0 Å². The zero-order valence-electron chi connectivity index (χ0n) is 14.5. The first-order chi connectivity index (χ1) is 12.0. The minimum absolute atomic E-state index is 0.186. The largest absolute Gasteiger partial charge is 0.497 e. The second kappa shape index (κ2) is 8.77. The van der Waals surface area contributed by atoms with Crippen LogP contribution in [0.2, 0.25) is 0 Å². The van der Waals surface area contributed by atoms with Crippen molar-refractivity contribution in [3.05, 3.63) is 48.3 Å². The molecule has 0 fully saturated rings. The van der Waals surface area contributed by atoms with Gasteiger partial charge >= 0.3 is 0 Å². The molecule has 0 saturated carbocycles. The summed E-state index contributed by atoms with van der Waals surface area (Å²) in [5.74, 6) is 1.23. The molecule has 0 spiro atoms. The van der Waals surface area contributed by atoms with Crippen LogP contribution in [0.15, 0.2) is 47.5 Å². The molecule has 2 aromatic carbocycles. The SMILES string of the molecule is COc1ccc(OC)c(NC(N)=NCC(C)Oc2ccccc2F)c1. The number of nitrogens with two attached hydrogens (primary N) is 1. The predicted octanol–water partition coefficient (Wildman–Crippen LogP) is 3.04. The van der Waals surface area contributed by atoms with Crippen LogP contribution in [0.5, 0.6) is 17.2 Å². The highest BCUT2D eigenvalue weighted by molar-refractivity contribution is 5.94. The molecule has 0 radical (unpaired) electrons. The molecular weight excluding hydrogens is 325 g/mol. The third-order valence-corrected chi connectivity index (χ3v) is 3.35. The third-order valence-electron chi connectivity index (χ3n) is 3.35. The Hall–Kier alpha value is -2.96. The van der Waals surface area contributed by atoms with E-state index in [4.69, 9.17) is 19.9 Å². The van der Waals surface area contributed by atoms with Gasteiger partial charge in [0.2, 0.25) is 0 Å². The van der Waals surface area contributed by atoms with E-state index in [1.807, 2.05) is 0 Å². The first-order valence-corrected chi connectivity index (χ1v) is 7.73. The van der Waals surface area contributed by atoms with Gasteiger partial charge < -0.3 is 25.3 Å². The quantitative estimate of drug-likeness (QED) is 0.595. The van der Waals surface area contributed by atoms with Crippen LogP contribution in [0.3, 0.4) is 0 Å². The Labute approximate surface area is 146 Å². The minimum Gasteiger partial charge on any atom is -0.497 e. The van der Waals surface area contributed by atoms with Gasteiger partial charge in [0.1, 0.15) is 17.6 Å². The number of aliphatic imine (C=N–C) groups is 1. The number of halogens is 1. The van der Waals surface area contributed by atoms with E-state index in [-0.39, 0.29) is 24.4 Å². The summed E-state index contributed by atoms with van der Waals surface area (Å²) < 4.78 is 29.5. The fourth-order valence-electron chi connectivity index (χ4n) is 2.11. The number of anilines is 1. The summed E-state index contributed by atoms with van der Waals surface area (Å²) >= 11 is 0. The van der Waals surface area contributed by atoms with Gasteiger partial charge in [-0.15, -0.1) is 0 Å². The molecule has 3 N–H and O–H groups in total. The summed E-state index contributed by atoms with van der Waals surface area (Å²) in [4.78, 5) is 4.22. The molecule has 2 rings (SSSR count). The molecular formula is C18H22FN3O3. The zero-order chi connectivity index (χ0) is 18.2. The van der Waals surface area contributed by atoms with Crippen molar-refractivity contribution in [2.45, 2.75) is 13.0 Å². The number of benzene rings is 2. The highest BCUT2D eigenvalue weighted by Gasteiger charge is 2.09. The first-order valence-electron chi connectivity index (χ1n) is 7.73. The van der Waals surface area contributed by atoms with E-state index in [1.165, 1.54) is 6.07 Å². The average molecular weight is 347 g/mol. The lowest BCUT2D eigenvalue weighted by atomic mass is 10.2. The van der Waals surface area contributed by atoms with E-state index in [0.29, 0.717) is 17.2 Å². The normalized spacial score (nSPS) is 12.4. The summed E-state index contributed by atoms with van der Waals surface area (Å²) in [6.07, 6.45) is -0.343. The summed E-state index contributed by atoms with van der Waals surface area (Å²) in [7, 11) is 3.13. The summed E-state index contributed by atoms with van der Waals surface area (Å²) in [6.45, 7) is 2.05. The van der Waals surface area contributed by atoms with E-state index in [0.717, 1.165) is 0 Å². The fraction of sp³-hybridized carbons (Fsp3) is 0.278. The second-order valence-electron chi connectivity index (χ2n) is 5.28. The molecule has 0 aliphatic carbocycles. The van der Waals surface area contributed by atoms with Gasteiger partial charge in [0.15, 0.2) is 17.5 Å². The van der Waals surface area contributed by atoms with Crippen molar-refractivity contribution in [2.75, 3.05) is 26.1 Å². The van der Waals surface area contributed by atoms with Gasteiger partial charge in [0.05, 0.1) is 26.5 Å². The Bertz CT molecular complexity index is 737. The maximum Gasteiger partial charge on any atom is 0.193 e. The number of hydrogen-bond donors (Lipinski definition) is 2. The Morgan fingerprint density at radius 3 is 2.60 bits per heavy atom. The molecule has 134 valence electrons. The first kappa shape index (κ1) is 18.4. The van der Waals surface area contributed by atoms with E-state index >= 15 is 0 Å². The van der Waals surface area contributed by atoms with Crippen LogP contribution in [-0.2, 0) is 0 Å². The minimum atomic E-state index is -0.412. The number of methoxy groups -OCH3 is 2. The number of rotatable bonds is 7. The van der Waals surface area contributed by atoms with Crippen molar-refractivity contribution in [3.63, 3.8) is 0 Å². The van der Waals surface area contributed by atoms with Crippen molar-refractivity contribution in [1.29, 1.82) is 0 Å². The molecule has 0 aliphatic rings. The maximum absolute atomic E-state index is 13.6. The topological polar surface area (TPSA) is 78.1 Å². The van der Waals surface area contributed by atoms with Gasteiger partial charge in [0.25, 0.3) is 0 Å². The Morgan fingerprint density at radius 2 is 1.92 bits per heavy atom. The Morgan fingerprint density at radius 1 is 1.16 bits per heavy atom. The molecule has 0 saturated heterocycles. The standard InChI is InChI=1S/C18H22FN3O3/c1-12(25-16-7-5-4-6-14(16)19)11-21-18(20)22-15-10-13(23-2)8-9-17(15)24-3/h4-10,12H,11H2,1-3H3,(H3,20,21,22). The Kier molecular flexibility index (Phi) is 6.45. The lowest BCUT2D eigenvalue weighted by Crippen LogP contribution is -2.26. The predicted molar refractivity (Wildman–Crippen MR) is 96.1 cm³/mol. The number of para-hydroxylation sites is 1. The molecule has 7 heteroatoms. The molecule has 0 amide bonds. The molecule has 1 atom stereocenters. The molecule has 0 aromatic heterocycles. The molecule has 0 aliphatic heterocycles. The maximum atomic E-state index is 13.6. The monoisotopic (exact) mass is 347 g/mol. The van der Waals surface area contributed by atoms with Crippen molar-refractivity contribution < 1.29 is 18.6 Å². The van der Waals surface area contributed by atoms with Gasteiger partial charge in [0, 0.05) is 6.07 Å². The molecule has 25 heavy (non-hydrogen) atoms. The molecule has 0 heterocycles. The van der Waals surface area contributed by atoms with E-state index < -0.39 is 5.82 Å². The zero-order valence-corrected chi connectivity index (χ0v) is 14.5. The number of nitrogens with one attached hydrogen (secondary N) is 1. The van der Waals surface area contributed by atoms with Crippen molar-refractivity contribution in [3.8, 4) is 17.2 Å². The lowest BCUT2D eigenvalue weighted by Gasteiger charge is -2.15. The molecule has 1 unspecified atom stereocenters. The highest BCUT2D eigenvalue weighted by atomic mass is 19.1. The van der Waals surface area contributed by atoms with E-state index in [2.05, 4.69) is 10.3 Å². The summed E-state index contributed by atoms with van der Waals surface area (Å²) in [5.41, 5.74) is 6.54. The van der Waals surface area contributed by atoms with Crippen LogP contribution in [0, 0.1) is 5.82 Å². The summed E-state index contributed by atoms with van der Waals surface area (Å²) in [6, 6.07) is 11.5. The van der Waals surface area contributed by atoms with Gasteiger partial charge in [-0.1, -0.05) is 12.1 Å². The lowest BCUT2D eigenvalue weighted by molar-refractivity contribution is 0.220. The number of hydrogen-bond acceptors (Lipinski definition) is 4. The van der Waals surface area contributed by atoms with Gasteiger partial charge in [-0.05, 0) is 31.2 Å². The van der Waals surface area contributed by atoms with Crippen LogP contribution in [-0.4, -0.2) is 32.8 Å². The Balaban J connectivity index is 1.98. The number of guanidine groups is 1. The highest BCUT2D eigenvalue weighted by Crippen LogP contribution is 2.28. The summed E-state index contributed by atoms with van der Waals surface area (Å²) in [5, 5.41) is 2.96. The fourth-order valence-corrected chi connectivity index (χ4v) is 2.11. The van der Waals surface area contributed by atoms with E-state index in [9.17, 15) is 4.39 Å². The van der Waals surface area contributed by atoms with Crippen molar-refractivity contribution in [2.24, 2.45) is 10.7 Å². The molecule has 0 bridgehead atoms. The number of nitrogens with zero attached hydrogens (tertiary/aromatic N) is 1. The van der Waals surface area contributed by atoms with Crippen molar-refractivity contribution in [1.82, 2.24) is 0 Å². The van der Waals surface area contributed by atoms with Crippen LogP contribution in [0.1, 0.15) is 6.92 Å². The third kappa shape index (κ3) is 5.27. The van der Waals surface area contributed by atoms with E-state index in [1.54, 1.807) is 57.5 Å². The molecule has 2 aromatic rings. The van der Waals surface area contributed by atoms with Gasteiger partial charge in [-0.3, -0.25) is 0 Å². The smallest absolute Gasteiger partial charge is 0.193 e. The number of ether oxygens (including phenoxy) is 3. The van der Waals surface area contributed by atoms with Crippen molar-refractivity contribution >= 4 is 11.6 Å². The van der Waals surface area contributed by atoms with Crippen LogP contribution in [0.25, 0.3) is 0 Å². The van der Waals surface area contributed by atoms with Crippen LogP contribution in [0.4, 0.5) is 10.1 Å².